The molecular formula is C13H17N3O2. The predicted octanol–water partition coefficient (Wildman–Crippen LogP) is 1.45. The smallest absolute Gasteiger partial charge is 0.319 e. The Hall–Kier alpha value is -1.75. The van der Waals surface area contributed by atoms with Gasteiger partial charge < -0.3 is 20.7 Å². The third kappa shape index (κ3) is 2.73. The topological polar surface area (TPSA) is 62.4 Å². The number of hydrogen-bond acceptors (Lipinski definition) is 3. The van der Waals surface area contributed by atoms with Gasteiger partial charge >= 0.3 is 6.03 Å². The Labute approximate surface area is 106 Å². The van der Waals surface area contributed by atoms with Gasteiger partial charge in [0.05, 0.1) is 0 Å². The summed E-state index contributed by atoms with van der Waals surface area (Å²) < 4.78 is 5.59. The van der Waals surface area contributed by atoms with Crippen LogP contribution >= 0.6 is 0 Å². The van der Waals surface area contributed by atoms with Crippen LogP contribution in [-0.2, 0) is 6.54 Å². The lowest BCUT2D eigenvalue weighted by atomic mass is 10.1. The van der Waals surface area contributed by atoms with Gasteiger partial charge in [-0.25, -0.2) is 4.79 Å². The second-order valence-electron chi connectivity index (χ2n) is 4.72. The van der Waals surface area contributed by atoms with Crippen LogP contribution in [0.2, 0.25) is 0 Å². The Morgan fingerprint density at radius 3 is 3.11 bits per heavy atom. The summed E-state index contributed by atoms with van der Waals surface area (Å²) in [6, 6.07) is 5.99. The van der Waals surface area contributed by atoms with E-state index in [1.54, 1.807) is 0 Å². The SMILES string of the molecule is O=C(Nc1ccc2c(c1)CNCCO2)NC1CC1. The van der Waals surface area contributed by atoms with Gasteiger partial charge in [0.1, 0.15) is 12.4 Å². The molecule has 1 saturated carbocycles. The summed E-state index contributed by atoms with van der Waals surface area (Å²) in [5.41, 5.74) is 1.89. The minimum atomic E-state index is -0.125. The number of rotatable bonds is 2. The molecule has 3 rings (SSSR count). The van der Waals surface area contributed by atoms with Crippen LogP contribution in [0.1, 0.15) is 18.4 Å². The van der Waals surface area contributed by atoms with Crippen molar-refractivity contribution in [1.82, 2.24) is 10.6 Å². The molecule has 18 heavy (non-hydrogen) atoms. The molecule has 5 nitrogen and oxygen atoms in total. The van der Waals surface area contributed by atoms with Crippen LogP contribution in [0.3, 0.4) is 0 Å². The molecule has 1 aromatic rings. The standard InChI is InChI=1S/C13H17N3O2/c17-13(15-10-1-2-10)16-11-3-4-12-9(7-11)8-14-5-6-18-12/h3-4,7,10,14H,1-2,5-6,8H2,(H2,15,16,17). The first-order chi connectivity index (χ1) is 8.81. The molecule has 1 heterocycles. The first kappa shape index (κ1) is 11.3. The number of fused-ring (bicyclic) bond motifs is 1. The highest BCUT2D eigenvalue weighted by Gasteiger charge is 2.23. The zero-order chi connectivity index (χ0) is 12.4. The number of urea groups is 1. The maximum absolute atomic E-state index is 11.6. The zero-order valence-corrected chi connectivity index (χ0v) is 10.2. The molecule has 0 bridgehead atoms. The summed E-state index contributed by atoms with van der Waals surface area (Å²) in [6.45, 7) is 2.30. The fourth-order valence-corrected chi connectivity index (χ4v) is 1.97. The van der Waals surface area contributed by atoms with E-state index in [-0.39, 0.29) is 6.03 Å². The van der Waals surface area contributed by atoms with E-state index in [4.69, 9.17) is 4.74 Å². The molecule has 1 fully saturated rings. The number of anilines is 1. The number of benzene rings is 1. The van der Waals surface area contributed by atoms with Crippen molar-refractivity contribution in [1.29, 1.82) is 0 Å². The maximum atomic E-state index is 11.6. The van der Waals surface area contributed by atoms with Crippen molar-refractivity contribution in [3.05, 3.63) is 23.8 Å². The monoisotopic (exact) mass is 247 g/mol. The summed E-state index contributed by atoms with van der Waals surface area (Å²) in [6.07, 6.45) is 2.19. The lowest BCUT2D eigenvalue weighted by Gasteiger charge is -2.10. The summed E-state index contributed by atoms with van der Waals surface area (Å²) in [5.74, 6) is 0.896. The van der Waals surface area contributed by atoms with Crippen LogP contribution in [-0.4, -0.2) is 25.2 Å². The minimum absolute atomic E-state index is 0.125. The van der Waals surface area contributed by atoms with Crippen molar-refractivity contribution < 1.29 is 9.53 Å². The molecule has 1 aliphatic carbocycles. The van der Waals surface area contributed by atoms with E-state index in [1.807, 2.05) is 18.2 Å². The molecule has 3 N–H and O–H groups in total. The van der Waals surface area contributed by atoms with Crippen molar-refractivity contribution in [2.45, 2.75) is 25.4 Å². The number of ether oxygens (including phenoxy) is 1. The number of amides is 2. The highest BCUT2D eigenvalue weighted by molar-refractivity contribution is 5.89. The molecule has 0 atom stereocenters. The lowest BCUT2D eigenvalue weighted by Crippen LogP contribution is -2.30. The largest absolute Gasteiger partial charge is 0.492 e. The molecule has 2 aliphatic rings. The first-order valence-electron chi connectivity index (χ1n) is 6.35. The fraction of sp³-hybridized carbons (Fsp3) is 0.462. The van der Waals surface area contributed by atoms with E-state index >= 15 is 0 Å². The summed E-state index contributed by atoms with van der Waals surface area (Å²) in [5, 5.41) is 9.02. The van der Waals surface area contributed by atoms with Crippen molar-refractivity contribution in [2.24, 2.45) is 0 Å². The Morgan fingerprint density at radius 1 is 1.39 bits per heavy atom. The van der Waals surface area contributed by atoms with E-state index in [0.717, 1.165) is 42.9 Å². The van der Waals surface area contributed by atoms with Gasteiger partial charge in [0.25, 0.3) is 0 Å². The van der Waals surface area contributed by atoms with E-state index in [0.29, 0.717) is 12.6 Å². The van der Waals surface area contributed by atoms with Crippen LogP contribution in [0.5, 0.6) is 5.75 Å². The van der Waals surface area contributed by atoms with Gasteiger partial charge in [0, 0.05) is 30.4 Å². The van der Waals surface area contributed by atoms with E-state index < -0.39 is 0 Å². The third-order valence-electron chi connectivity index (χ3n) is 3.08. The lowest BCUT2D eigenvalue weighted by molar-refractivity contribution is 0.251. The molecule has 0 unspecified atom stereocenters. The average molecular weight is 247 g/mol. The maximum Gasteiger partial charge on any atom is 0.319 e. The van der Waals surface area contributed by atoms with Crippen LogP contribution in [0.4, 0.5) is 10.5 Å². The van der Waals surface area contributed by atoms with E-state index in [2.05, 4.69) is 16.0 Å². The Morgan fingerprint density at radius 2 is 2.28 bits per heavy atom. The van der Waals surface area contributed by atoms with E-state index in [9.17, 15) is 4.79 Å². The minimum Gasteiger partial charge on any atom is -0.492 e. The highest BCUT2D eigenvalue weighted by Crippen LogP contribution is 2.24. The second kappa shape index (κ2) is 4.86. The van der Waals surface area contributed by atoms with Crippen molar-refractivity contribution in [2.75, 3.05) is 18.5 Å². The highest BCUT2D eigenvalue weighted by atomic mass is 16.5. The van der Waals surface area contributed by atoms with Crippen molar-refractivity contribution in [3.8, 4) is 5.75 Å². The molecule has 1 aliphatic heterocycles. The van der Waals surface area contributed by atoms with Gasteiger partial charge in [0.15, 0.2) is 0 Å². The molecule has 2 amide bonds. The van der Waals surface area contributed by atoms with Crippen LogP contribution < -0.4 is 20.7 Å². The quantitative estimate of drug-likeness (QED) is 0.741. The van der Waals surface area contributed by atoms with Gasteiger partial charge in [-0.1, -0.05) is 0 Å². The first-order valence-corrected chi connectivity index (χ1v) is 6.35. The van der Waals surface area contributed by atoms with Crippen LogP contribution in [0.15, 0.2) is 18.2 Å². The fourth-order valence-electron chi connectivity index (χ4n) is 1.97. The van der Waals surface area contributed by atoms with Gasteiger partial charge in [0.2, 0.25) is 0 Å². The summed E-state index contributed by atoms with van der Waals surface area (Å²) >= 11 is 0. The Balaban J connectivity index is 1.68. The van der Waals surface area contributed by atoms with Crippen LogP contribution in [0, 0.1) is 0 Å². The predicted molar refractivity (Wildman–Crippen MR) is 68.8 cm³/mol. The molecule has 0 spiro atoms. The summed E-state index contributed by atoms with van der Waals surface area (Å²) in [4.78, 5) is 11.6. The van der Waals surface area contributed by atoms with Gasteiger partial charge in [-0.2, -0.15) is 0 Å². The van der Waals surface area contributed by atoms with Gasteiger partial charge in [-0.3, -0.25) is 0 Å². The number of nitrogens with one attached hydrogen (secondary N) is 3. The zero-order valence-electron chi connectivity index (χ0n) is 10.2. The van der Waals surface area contributed by atoms with Crippen molar-refractivity contribution >= 4 is 11.7 Å². The Bertz CT molecular complexity index is 458. The van der Waals surface area contributed by atoms with Crippen LogP contribution in [0.25, 0.3) is 0 Å². The molecule has 0 radical (unpaired) electrons. The normalized spacial score (nSPS) is 18.2. The second-order valence-corrected chi connectivity index (χ2v) is 4.72. The number of carbonyl (C=O) groups is 1. The number of carbonyl (C=O) groups excluding carboxylic acids is 1. The van der Waals surface area contributed by atoms with Gasteiger partial charge in [-0.05, 0) is 31.0 Å². The van der Waals surface area contributed by atoms with Gasteiger partial charge in [-0.15, -0.1) is 0 Å². The van der Waals surface area contributed by atoms with Crippen molar-refractivity contribution in [3.63, 3.8) is 0 Å². The average Bonchev–Trinajstić information content (AvgIpc) is 3.15. The Kier molecular flexibility index (Phi) is 3.06. The third-order valence-corrected chi connectivity index (χ3v) is 3.08. The molecule has 96 valence electrons. The molecular weight excluding hydrogens is 230 g/mol. The molecule has 0 saturated heterocycles. The molecule has 1 aromatic carbocycles. The molecule has 5 heteroatoms. The number of hydrogen-bond donors (Lipinski definition) is 3. The molecule has 0 aromatic heterocycles. The summed E-state index contributed by atoms with van der Waals surface area (Å²) in [7, 11) is 0. The van der Waals surface area contributed by atoms with E-state index in [1.165, 1.54) is 0 Å².